The predicted octanol–water partition coefficient (Wildman–Crippen LogP) is 0.820. The minimum atomic E-state index is -3.57. The molecule has 0 radical (unpaired) electrons. The minimum Gasteiger partial charge on any atom is -0.399 e. The highest BCUT2D eigenvalue weighted by molar-refractivity contribution is 7.89. The molecule has 1 amide bonds. The molecule has 0 aromatic heterocycles. The number of hydrogen-bond acceptors (Lipinski definition) is 4. The molecule has 1 aliphatic rings. The average molecular weight is 311 g/mol. The molecule has 0 atom stereocenters. The largest absolute Gasteiger partial charge is 0.399 e. The monoisotopic (exact) mass is 311 g/mol. The molecule has 1 aromatic rings. The van der Waals surface area contributed by atoms with Crippen LogP contribution in [0.25, 0.3) is 0 Å². The van der Waals surface area contributed by atoms with Gasteiger partial charge in [-0.1, -0.05) is 6.07 Å². The summed E-state index contributed by atoms with van der Waals surface area (Å²) in [6.45, 7) is 5.02. The Hall–Kier alpha value is -1.60. The van der Waals surface area contributed by atoms with E-state index in [-0.39, 0.29) is 10.8 Å². The van der Waals surface area contributed by atoms with E-state index in [0.29, 0.717) is 43.9 Å². The van der Waals surface area contributed by atoms with Crippen LogP contribution in [-0.2, 0) is 14.8 Å². The molecular weight excluding hydrogens is 290 g/mol. The van der Waals surface area contributed by atoms with Gasteiger partial charge >= 0.3 is 0 Å². The Bertz CT molecular complexity index is 643. The van der Waals surface area contributed by atoms with Crippen molar-refractivity contribution >= 4 is 21.6 Å². The van der Waals surface area contributed by atoms with Crippen LogP contribution in [0.5, 0.6) is 0 Å². The van der Waals surface area contributed by atoms with E-state index in [0.717, 1.165) is 0 Å². The minimum absolute atomic E-state index is 0.0191. The number of nitrogen functional groups attached to an aromatic ring is 1. The molecule has 1 saturated heterocycles. The Morgan fingerprint density at radius 2 is 1.90 bits per heavy atom. The van der Waals surface area contributed by atoms with Crippen molar-refractivity contribution in [3.63, 3.8) is 0 Å². The van der Waals surface area contributed by atoms with Gasteiger partial charge in [-0.25, -0.2) is 8.42 Å². The second-order valence-corrected chi connectivity index (χ2v) is 7.19. The summed E-state index contributed by atoms with van der Waals surface area (Å²) in [7, 11) is -3.57. The number of nitrogens with two attached hydrogens (primary N) is 1. The van der Waals surface area contributed by atoms with E-state index in [9.17, 15) is 13.2 Å². The van der Waals surface area contributed by atoms with Gasteiger partial charge in [-0.2, -0.15) is 4.31 Å². The van der Waals surface area contributed by atoms with Crippen molar-refractivity contribution < 1.29 is 13.2 Å². The maximum Gasteiger partial charge on any atom is 0.243 e. The standard InChI is InChI=1S/C14H21N3O3S/c1-11-4-5-13(15)10-14(11)21(19,20)17-7-3-6-16(8-9-17)12(2)18/h4-5,10H,3,6-9,15H2,1-2H3. The highest BCUT2D eigenvalue weighted by Gasteiger charge is 2.28. The number of hydrogen-bond donors (Lipinski definition) is 1. The molecule has 0 aliphatic carbocycles. The topological polar surface area (TPSA) is 83.7 Å². The molecule has 1 heterocycles. The lowest BCUT2D eigenvalue weighted by atomic mass is 10.2. The van der Waals surface area contributed by atoms with Gasteiger partial charge in [0.05, 0.1) is 4.90 Å². The third-order valence-corrected chi connectivity index (χ3v) is 5.77. The van der Waals surface area contributed by atoms with Crippen molar-refractivity contribution in [2.24, 2.45) is 0 Å². The van der Waals surface area contributed by atoms with Gasteiger partial charge in [-0.05, 0) is 31.0 Å². The summed E-state index contributed by atoms with van der Waals surface area (Å²) in [5.74, 6) is -0.0191. The maximum atomic E-state index is 12.8. The zero-order valence-electron chi connectivity index (χ0n) is 12.4. The third kappa shape index (κ3) is 3.36. The van der Waals surface area contributed by atoms with Gasteiger partial charge < -0.3 is 10.6 Å². The highest BCUT2D eigenvalue weighted by Crippen LogP contribution is 2.23. The van der Waals surface area contributed by atoms with Crippen LogP contribution in [0.15, 0.2) is 23.1 Å². The van der Waals surface area contributed by atoms with Crippen LogP contribution >= 0.6 is 0 Å². The molecule has 6 nitrogen and oxygen atoms in total. The van der Waals surface area contributed by atoms with E-state index >= 15 is 0 Å². The fraction of sp³-hybridized carbons (Fsp3) is 0.500. The van der Waals surface area contributed by atoms with Gasteiger partial charge in [-0.15, -0.1) is 0 Å². The van der Waals surface area contributed by atoms with Gasteiger partial charge in [-0.3, -0.25) is 4.79 Å². The predicted molar refractivity (Wildman–Crippen MR) is 81.2 cm³/mol. The van der Waals surface area contributed by atoms with Gasteiger partial charge in [0.25, 0.3) is 0 Å². The van der Waals surface area contributed by atoms with Crippen LogP contribution in [0.4, 0.5) is 5.69 Å². The van der Waals surface area contributed by atoms with Crippen molar-refractivity contribution in [3.05, 3.63) is 23.8 Å². The number of amides is 1. The molecule has 21 heavy (non-hydrogen) atoms. The first kappa shape index (κ1) is 15.8. The lowest BCUT2D eigenvalue weighted by molar-refractivity contribution is -0.128. The fourth-order valence-corrected chi connectivity index (χ4v) is 4.21. The summed E-state index contributed by atoms with van der Waals surface area (Å²) in [5.41, 5.74) is 6.82. The van der Waals surface area contributed by atoms with E-state index in [1.807, 2.05) is 0 Å². The van der Waals surface area contributed by atoms with Crippen LogP contribution in [0.2, 0.25) is 0 Å². The van der Waals surface area contributed by atoms with Crippen molar-refractivity contribution in [3.8, 4) is 0 Å². The quantitative estimate of drug-likeness (QED) is 0.820. The number of nitrogens with zero attached hydrogens (tertiary/aromatic N) is 2. The fourth-order valence-electron chi connectivity index (χ4n) is 2.48. The first-order valence-electron chi connectivity index (χ1n) is 6.94. The number of carbonyl (C=O) groups is 1. The van der Waals surface area contributed by atoms with E-state index in [1.54, 1.807) is 24.0 Å². The summed E-state index contributed by atoms with van der Waals surface area (Å²) in [4.78, 5) is 13.3. The smallest absolute Gasteiger partial charge is 0.243 e. The molecule has 116 valence electrons. The number of anilines is 1. The average Bonchev–Trinajstić information content (AvgIpc) is 2.67. The van der Waals surface area contributed by atoms with E-state index in [2.05, 4.69) is 0 Å². The molecule has 1 aromatic carbocycles. The van der Waals surface area contributed by atoms with Crippen molar-refractivity contribution in [1.29, 1.82) is 0 Å². The SMILES string of the molecule is CC(=O)N1CCCN(S(=O)(=O)c2cc(N)ccc2C)CC1. The second kappa shape index (κ2) is 6.03. The molecule has 1 aliphatic heterocycles. The molecule has 7 heteroatoms. The van der Waals surface area contributed by atoms with Gasteiger partial charge in [0.2, 0.25) is 15.9 Å². The zero-order valence-corrected chi connectivity index (χ0v) is 13.2. The highest BCUT2D eigenvalue weighted by atomic mass is 32.2. The molecule has 0 unspecified atom stereocenters. The first-order chi connectivity index (χ1) is 9.82. The summed E-state index contributed by atoms with van der Waals surface area (Å²) < 4.78 is 27.0. The Labute approximate surface area is 125 Å². The second-order valence-electron chi connectivity index (χ2n) is 5.29. The van der Waals surface area contributed by atoms with Crippen LogP contribution < -0.4 is 5.73 Å². The van der Waals surface area contributed by atoms with Crippen molar-refractivity contribution in [2.45, 2.75) is 25.2 Å². The number of benzene rings is 1. The number of sulfonamides is 1. The van der Waals surface area contributed by atoms with Gasteiger partial charge in [0, 0.05) is 38.8 Å². The molecule has 0 saturated carbocycles. The molecule has 1 fully saturated rings. The first-order valence-corrected chi connectivity index (χ1v) is 8.38. The number of rotatable bonds is 2. The van der Waals surface area contributed by atoms with Crippen LogP contribution in [-0.4, -0.2) is 49.7 Å². The Morgan fingerprint density at radius 3 is 2.57 bits per heavy atom. The summed E-state index contributed by atoms with van der Waals surface area (Å²) >= 11 is 0. The number of aryl methyl sites for hydroxylation is 1. The van der Waals surface area contributed by atoms with Crippen LogP contribution in [0.3, 0.4) is 0 Å². The molecule has 2 rings (SSSR count). The molecule has 2 N–H and O–H groups in total. The molecule has 0 spiro atoms. The molecular formula is C14H21N3O3S. The van der Waals surface area contributed by atoms with Crippen LogP contribution in [0, 0.1) is 6.92 Å². The van der Waals surface area contributed by atoms with Crippen molar-refractivity contribution in [1.82, 2.24) is 9.21 Å². The lowest BCUT2D eigenvalue weighted by Crippen LogP contribution is -2.36. The number of carbonyl (C=O) groups excluding carboxylic acids is 1. The lowest BCUT2D eigenvalue weighted by Gasteiger charge is -2.22. The van der Waals surface area contributed by atoms with Crippen molar-refractivity contribution in [2.75, 3.05) is 31.9 Å². The van der Waals surface area contributed by atoms with E-state index in [4.69, 9.17) is 5.73 Å². The summed E-state index contributed by atoms with van der Waals surface area (Å²) in [6.07, 6.45) is 0.639. The van der Waals surface area contributed by atoms with Crippen LogP contribution in [0.1, 0.15) is 18.9 Å². The Morgan fingerprint density at radius 1 is 1.19 bits per heavy atom. The molecule has 0 bridgehead atoms. The van der Waals surface area contributed by atoms with E-state index < -0.39 is 10.0 Å². The third-order valence-electron chi connectivity index (χ3n) is 3.73. The normalized spacial score (nSPS) is 17.5. The van der Waals surface area contributed by atoms with Gasteiger partial charge in [0.1, 0.15) is 0 Å². The van der Waals surface area contributed by atoms with E-state index in [1.165, 1.54) is 17.3 Å². The zero-order chi connectivity index (χ0) is 15.6. The van der Waals surface area contributed by atoms with Gasteiger partial charge in [0.15, 0.2) is 0 Å². The maximum absolute atomic E-state index is 12.8. The summed E-state index contributed by atoms with van der Waals surface area (Å²) in [6, 6.07) is 4.90. The Balaban J connectivity index is 2.27. The Kier molecular flexibility index (Phi) is 4.53. The summed E-state index contributed by atoms with van der Waals surface area (Å²) in [5, 5.41) is 0.